The van der Waals surface area contributed by atoms with Crippen molar-refractivity contribution in [3.8, 4) is 23.1 Å². The van der Waals surface area contributed by atoms with Crippen LogP contribution < -0.4 is 20.3 Å². The number of halogens is 1. The molecule has 0 radical (unpaired) electrons. The predicted molar refractivity (Wildman–Crippen MR) is 116 cm³/mol. The van der Waals surface area contributed by atoms with Crippen LogP contribution in [0.3, 0.4) is 0 Å². The van der Waals surface area contributed by atoms with E-state index in [1.165, 1.54) is 4.57 Å². The normalized spacial score (nSPS) is 15.5. The lowest BCUT2D eigenvalue weighted by atomic mass is 9.90. The third kappa shape index (κ3) is 3.36. The zero-order valence-corrected chi connectivity index (χ0v) is 18.0. The topological polar surface area (TPSA) is 93.1 Å². The number of nitrogens with one attached hydrogen (secondary N) is 1. The van der Waals surface area contributed by atoms with Gasteiger partial charge in [0.15, 0.2) is 16.3 Å². The van der Waals surface area contributed by atoms with Crippen LogP contribution in [0, 0.1) is 4.77 Å². The highest BCUT2D eigenvalue weighted by Crippen LogP contribution is 2.37. The number of ether oxygens (including phenoxy) is 2. The first-order chi connectivity index (χ1) is 14.5. The molecule has 1 aliphatic rings. The standard InChI is InChI=1S/C21H20ClN3O4S/c1-28-15-9-11-7-8-23-18(12(11)10-16(15)29-2)17-19(26)24-21(30)25(20(17)27)14-6-4-3-5-13(14)22/h3-6,9-10,18,23,27H,7-8H2,1-2H3,(H,24,26,30)/p+1/t18-/m1/s1. The van der Waals surface area contributed by atoms with E-state index < -0.39 is 11.6 Å². The molecule has 9 heteroatoms. The molecule has 30 heavy (non-hydrogen) atoms. The van der Waals surface area contributed by atoms with Crippen LogP contribution in [0.5, 0.6) is 17.4 Å². The molecular weight excluding hydrogens is 426 g/mol. The second kappa shape index (κ2) is 8.14. The lowest BCUT2D eigenvalue weighted by molar-refractivity contribution is -0.690. The Balaban J connectivity index is 1.96. The average molecular weight is 447 g/mol. The number of nitrogens with zero attached hydrogens (tertiary/aromatic N) is 1. The van der Waals surface area contributed by atoms with Gasteiger partial charge in [0.1, 0.15) is 11.6 Å². The van der Waals surface area contributed by atoms with E-state index in [9.17, 15) is 9.90 Å². The van der Waals surface area contributed by atoms with Crippen LogP contribution in [0.15, 0.2) is 41.2 Å². The number of aromatic hydroxyl groups is 1. The van der Waals surface area contributed by atoms with Gasteiger partial charge in [0.2, 0.25) is 5.88 Å². The zero-order valence-electron chi connectivity index (χ0n) is 16.4. The number of rotatable bonds is 4. The van der Waals surface area contributed by atoms with Crippen LogP contribution in [-0.4, -0.2) is 35.4 Å². The molecular formula is C21H21ClN3O4S+. The number of nitrogens with two attached hydrogens (primary N) is 1. The second-order valence-corrected chi connectivity index (χ2v) is 7.74. The Morgan fingerprint density at radius 2 is 1.93 bits per heavy atom. The molecule has 0 amide bonds. The molecule has 0 unspecified atom stereocenters. The smallest absolute Gasteiger partial charge is 0.265 e. The number of H-pyrrole nitrogens is 1. The zero-order chi connectivity index (χ0) is 21.4. The molecule has 0 spiro atoms. The van der Waals surface area contributed by atoms with Crippen LogP contribution in [0.4, 0.5) is 0 Å². The van der Waals surface area contributed by atoms with Crippen molar-refractivity contribution in [2.75, 3.05) is 20.8 Å². The molecule has 0 fully saturated rings. The fourth-order valence-electron chi connectivity index (χ4n) is 3.92. The minimum atomic E-state index is -0.443. The average Bonchev–Trinajstić information content (AvgIpc) is 2.73. The highest BCUT2D eigenvalue weighted by molar-refractivity contribution is 7.71. The largest absolute Gasteiger partial charge is 0.494 e. The summed E-state index contributed by atoms with van der Waals surface area (Å²) in [5, 5.41) is 13.6. The third-order valence-electron chi connectivity index (χ3n) is 5.32. The Bertz CT molecular complexity index is 1240. The van der Waals surface area contributed by atoms with E-state index in [0.717, 1.165) is 24.1 Å². The van der Waals surface area contributed by atoms with Gasteiger partial charge in [-0.15, -0.1) is 0 Å². The molecule has 4 rings (SSSR count). The minimum absolute atomic E-state index is 0.0673. The summed E-state index contributed by atoms with van der Waals surface area (Å²) in [6, 6.07) is 10.3. The molecule has 4 N–H and O–H groups in total. The maximum absolute atomic E-state index is 12.9. The number of aromatic nitrogens is 2. The first-order valence-corrected chi connectivity index (χ1v) is 10.2. The molecule has 2 heterocycles. The van der Waals surface area contributed by atoms with Gasteiger partial charge in [-0.05, 0) is 42.0 Å². The van der Waals surface area contributed by atoms with Crippen molar-refractivity contribution in [2.45, 2.75) is 12.5 Å². The highest BCUT2D eigenvalue weighted by Gasteiger charge is 2.33. The van der Waals surface area contributed by atoms with Gasteiger partial charge in [-0.3, -0.25) is 14.3 Å². The summed E-state index contributed by atoms with van der Waals surface area (Å²) in [5.74, 6) is 0.953. The van der Waals surface area contributed by atoms with Gasteiger partial charge in [-0.2, -0.15) is 0 Å². The van der Waals surface area contributed by atoms with Crippen molar-refractivity contribution in [1.29, 1.82) is 0 Å². The number of hydrogen-bond donors (Lipinski definition) is 3. The molecule has 1 atom stereocenters. The maximum Gasteiger partial charge on any atom is 0.265 e. The monoisotopic (exact) mass is 446 g/mol. The van der Waals surface area contributed by atoms with Crippen molar-refractivity contribution < 1.29 is 19.9 Å². The molecule has 0 saturated heterocycles. The van der Waals surface area contributed by atoms with Gasteiger partial charge in [0.25, 0.3) is 5.56 Å². The molecule has 0 aliphatic carbocycles. The Hall–Kier alpha value is -2.81. The Morgan fingerprint density at radius 3 is 2.63 bits per heavy atom. The fraction of sp³-hybridized carbons (Fsp3) is 0.238. The number of aromatic amines is 1. The van der Waals surface area contributed by atoms with E-state index >= 15 is 0 Å². The maximum atomic E-state index is 12.9. The summed E-state index contributed by atoms with van der Waals surface area (Å²) in [7, 11) is 3.15. The summed E-state index contributed by atoms with van der Waals surface area (Å²) in [4.78, 5) is 15.6. The molecule has 0 saturated carbocycles. The Morgan fingerprint density at radius 1 is 1.23 bits per heavy atom. The molecule has 0 bridgehead atoms. The van der Waals surface area contributed by atoms with Crippen molar-refractivity contribution in [3.63, 3.8) is 0 Å². The number of methoxy groups -OCH3 is 2. The van der Waals surface area contributed by atoms with Crippen LogP contribution in [0.1, 0.15) is 22.7 Å². The number of quaternary nitrogens is 1. The summed E-state index contributed by atoms with van der Waals surface area (Å²) in [5.41, 5.74) is 2.16. The summed E-state index contributed by atoms with van der Waals surface area (Å²) < 4.78 is 12.3. The SMILES string of the molecule is COc1cc2c(cc1OC)[C@H](c1c(O)n(-c3ccccc3Cl)c(=S)[nH]c1=O)[NH2+]CC2. The number of hydrogen-bond acceptors (Lipinski definition) is 5. The number of benzene rings is 2. The van der Waals surface area contributed by atoms with Gasteiger partial charge < -0.3 is 19.9 Å². The Labute approximate surface area is 182 Å². The highest BCUT2D eigenvalue weighted by atomic mass is 35.5. The minimum Gasteiger partial charge on any atom is -0.494 e. The van der Waals surface area contributed by atoms with Gasteiger partial charge in [-0.25, -0.2) is 0 Å². The van der Waals surface area contributed by atoms with E-state index in [0.29, 0.717) is 22.2 Å². The van der Waals surface area contributed by atoms with Crippen LogP contribution in [-0.2, 0) is 6.42 Å². The quantitative estimate of drug-likeness (QED) is 0.535. The third-order valence-corrected chi connectivity index (χ3v) is 5.93. The second-order valence-electron chi connectivity index (χ2n) is 6.94. The van der Waals surface area contributed by atoms with E-state index in [1.807, 2.05) is 17.4 Å². The van der Waals surface area contributed by atoms with E-state index in [-0.39, 0.29) is 16.2 Å². The van der Waals surface area contributed by atoms with Crippen LogP contribution >= 0.6 is 23.8 Å². The summed E-state index contributed by atoms with van der Waals surface area (Å²) in [6.07, 6.45) is 0.800. The Kier molecular flexibility index (Phi) is 5.55. The van der Waals surface area contributed by atoms with Gasteiger partial charge >= 0.3 is 0 Å². The van der Waals surface area contributed by atoms with E-state index in [4.69, 9.17) is 33.3 Å². The van der Waals surface area contributed by atoms with Crippen molar-refractivity contribution in [2.24, 2.45) is 0 Å². The molecule has 2 aromatic carbocycles. The molecule has 156 valence electrons. The first kappa shape index (κ1) is 20.5. The lowest BCUT2D eigenvalue weighted by Crippen LogP contribution is -2.87. The number of para-hydroxylation sites is 1. The molecule has 7 nitrogen and oxygen atoms in total. The van der Waals surface area contributed by atoms with Crippen LogP contribution in [0.25, 0.3) is 5.69 Å². The van der Waals surface area contributed by atoms with Crippen LogP contribution in [0.2, 0.25) is 5.02 Å². The van der Waals surface area contributed by atoms with E-state index in [1.54, 1.807) is 38.5 Å². The van der Waals surface area contributed by atoms with Gasteiger partial charge in [0.05, 0.1) is 31.5 Å². The van der Waals surface area contributed by atoms with Gasteiger partial charge in [0, 0.05) is 12.0 Å². The lowest BCUT2D eigenvalue weighted by Gasteiger charge is -2.26. The van der Waals surface area contributed by atoms with Gasteiger partial charge in [-0.1, -0.05) is 23.7 Å². The first-order valence-electron chi connectivity index (χ1n) is 9.37. The molecule has 1 aromatic heterocycles. The fourth-order valence-corrected chi connectivity index (χ4v) is 4.42. The summed E-state index contributed by atoms with van der Waals surface area (Å²) >= 11 is 11.6. The van der Waals surface area contributed by atoms with Crippen molar-refractivity contribution in [1.82, 2.24) is 9.55 Å². The van der Waals surface area contributed by atoms with Crippen molar-refractivity contribution >= 4 is 23.8 Å². The molecule has 3 aromatic rings. The number of fused-ring (bicyclic) bond motifs is 1. The summed E-state index contributed by atoms with van der Waals surface area (Å²) in [6.45, 7) is 0.744. The molecule has 1 aliphatic heterocycles. The van der Waals surface area contributed by atoms with Crippen molar-refractivity contribution in [3.05, 3.63) is 73.2 Å². The predicted octanol–water partition coefficient (Wildman–Crippen LogP) is 2.48. The van der Waals surface area contributed by atoms with E-state index in [2.05, 4.69) is 4.98 Å².